The van der Waals surface area contributed by atoms with Gasteiger partial charge in [-0.15, -0.1) is 0 Å². The smallest absolute Gasteiger partial charge is 0.408 e. The maximum atomic E-state index is 15.5. The van der Waals surface area contributed by atoms with Gasteiger partial charge in [0, 0.05) is 22.6 Å². The second-order valence-corrected chi connectivity index (χ2v) is 19.3. The molecule has 26 heteroatoms. The van der Waals surface area contributed by atoms with Gasteiger partial charge in [0.05, 0.1) is 53.8 Å². The molecule has 0 unspecified atom stereocenters. The number of carbonyl (C=O) groups is 7. The number of aliphatic carboxylic acids is 1. The van der Waals surface area contributed by atoms with E-state index in [1.807, 2.05) is 0 Å². The summed E-state index contributed by atoms with van der Waals surface area (Å²) in [5.74, 6) is -5.84. The molecule has 25 nitrogen and oxygen atoms in total. The Kier molecular flexibility index (Phi) is 14.9. The Morgan fingerprint density at radius 3 is 2.28 bits per heavy atom. The summed E-state index contributed by atoms with van der Waals surface area (Å²) in [5.41, 5.74) is -0.306. The molecule has 2 aromatic heterocycles. The SMILES string of the molecule is CC[C@@]1(O)C(=O)OCc2c1cc1n(c2=O)Cc2c-1nc1cc(F)c(C)c3c1c2[C@@H](NC(=O)OCc1ccc(O[C@@H]2O[C@H](C(=O)O)[C@@H](O)[C@H](O)[C@H]2O)c(NC(=O)CNC(=O)CNC(=O)CNC(=O)OC(C)(C)C)c1)CC3. The molecule has 3 aliphatic heterocycles. The summed E-state index contributed by atoms with van der Waals surface area (Å²) in [6.45, 7) is 5.44. The number of alkyl carbamates (subject to hydrolysis) is 2. The van der Waals surface area contributed by atoms with Crippen molar-refractivity contribution in [3.8, 4) is 17.1 Å². The van der Waals surface area contributed by atoms with E-state index in [-0.39, 0.29) is 71.0 Å². The van der Waals surface area contributed by atoms with E-state index < -0.39 is 127 Å². The molecular weight excluding hydrogens is 994 g/mol. The number of rotatable bonds is 14. The van der Waals surface area contributed by atoms with Crippen molar-refractivity contribution in [2.24, 2.45) is 0 Å². The van der Waals surface area contributed by atoms with Crippen molar-refractivity contribution >= 4 is 58.4 Å². The van der Waals surface area contributed by atoms with E-state index in [0.717, 1.165) is 0 Å². The number of ether oxygens (including phenoxy) is 5. The lowest BCUT2D eigenvalue weighted by atomic mass is 9.81. The monoisotopic (exact) mass is 1050 g/mol. The highest BCUT2D eigenvalue weighted by molar-refractivity contribution is 5.97. The van der Waals surface area contributed by atoms with Crippen molar-refractivity contribution < 1.29 is 87.2 Å². The summed E-state index contributed by atoms with van der Waals surface area (Å²) < 4.78 is 43.8. The van der Waals surface area contributed by atoms with Crippen LogP contribution in [0.2, 0.25) is 0 Å². The van der Waals surface area contributed by atoms with E-state index in [2.05, 4.69) is 26.6 Å². The van der Waals surface area contributed by atoms with Gasteiger partial charge in [-0.25, -0.2) is 28.6 Å². The lowest BCUT2D eigenvalue weighted by Gasteiger charge is -2.38. The fraction of sp³-hybridized carbons (Fsp3) is 0.449. The van der Waals surface area contributed by atoms with E-state index in [4.69, 9.17) is 28.7 Å². The molecule has 8 rings (SSSR count). The van der Waals surface area contributed by atoms with Crippen molar-refractivity contribution in [3.05, 3.63) is 85.4 Å². The quantitative estimate of drug-likeness (QED) is 0.0532. The number of fused-ring (bicyclic) bond motifs is 5. The number of carbonyl (C=O) groups excluding carboxylic acids is 6. The zero-order valence-electron chi connectivity index (χ0n) is 41.0. The average molecular weight is 1050 g/mol. The first kappa shape index (κ1) is 53.5. The number of aliphatic hydroxyl groups is 4. The molecule has 0 saturated carbocycles. The molecule has 7 atom stereocenters. The number of halogens is 1. The molecule has 1 aliphatic carbocycles. The number of cyclic esters (lactones) is 1. The van der Waals surface area contributed by atoms with Crippen LogP contribution in [0.3, 0.4) is 0 Å². The highest BCUT2D eigenvalue weighted by Gasteiger charge is 2.49. The van der Waals surface area contributed by atoms with Crippen molar-refractivity contribution in [1.29, 1.82) is 0 Å². The Morgan fingerprint density at radius 2 is 1.60 bits per heavy atom. The highest BCUT2D eigenvalue weighted by Crippen LogP contribution is 2.46. The van der Waals surface area contributed by atoms with Crippen LogP contribution in [0.5, 0.6) is 5.75 Å². The molecule has 0 radical (unpaired) electrons. The zero-order chi connectivity index (χ0) is 54.4. The van der Waals surface area contributed by atoms with E-state index in [1.54, 1.807) is 34.6 Å². The molecular formula is C49H54FN7O18. The van der Waals surface area contributed by atoms with Gasteiger partial charge < -0.3 is 80.4 Å². The van der Waals surface area contributed by atoms with Crippen molar-refractivity contribution in [1.82, 2.24) is 30.8 Å². The van der Waals surface area contributed by atoms with E-state index in [1.165, 1.54) is 34.9 Å². The Labute approximate surface area is 424 Å². The van der Waals surface area contributed by atoms with E-state index >= 15 is 4.39 Å². The number of nitrogens with one attached hydrogen (secondary N) is 5. The number of aromatic nitrogens is 2. The number of amides is 5. The first-order valence-corrected chi connectivity index (χ1v) is 23.7. The first-order chi connectivity index (χ1) is 35.4. The van der Waals surface area contributed by atoms with Gasteiger partial charge in [-0.2, -0.15) is 0 Å². The standard InChI is InChI=1S/C49H54FN7O18/c1-6-49(70)25-12-30-37-23(17-57(30)42(64)24(25)19-71-45(49)67)36-27(9-8-22-20(2)26(50)13-29(55-37)35(22)36)56-47(69)72-18-21-7-10-31(73-44-40(63)38(61)39(62)41(74-44)43(65)66)28(11-21)54-34(60)16-52-32(58)14-51-33(59)15-53-46(68)75-48(3,4)5/h7,10-13,27,38-41,44,61-63,70H,6,8-9,14-19H2,1-5H3,(H,51,59)(H,52,58)(H,53,68)(H,54,60)(H,56,69)(H,65,66)/t27-,38-,39-,40+,41-,44+,49-/m0/s1. The summed E-state index contributed by atoms with van der Waals surface area (Å²) in [5, 5.41) is 65.0. The van der Waals surface area contributed by atoms with Crippen LogP contribution >= 0.6 is 0 Å². The van der Waals surface area contributed by atoms with Crippen LogP contribution in [0.25, 0.3) is 22.3 Å². The maximum absolute atomic E-state index is 15.5. The Morgan fingerprint density at radius 1 is 0.907 bits per heavy atom. The third-order valence-electron chi connectivity index (χ3n) is 13.1. The van der Waals surface area contributed by atoms with Gasteiger partial charge in [-0.1, -0.05) is 13.0 Å². The number of aryl methyl sites for hydroxylation is 1. The molecule has 1 fully saturated rings. The molecule has 0 bridgehead atoms. The summed E-state index contributed by atoms with van der Waals surface area (Å²) in [6, 6.07) is 5.89. The second kappa shape index (κ2) is 20.9. The number of carboxylic acids is 1. The summed E-state index contributed by atoms with van der Waals surface area (Å²) in [6.07, 6.45) is -11.4. The lowest BCUT2D eigenvalue weighted by Crippen LogP contribution is -2.61. The van der Waals surface area contributed by atoms with Crippen molar-refractivity contribution in [2.45, 2.75) is 122 Å². The number of anilines is 1. The van der Waals surface area contributed by atoms with Gasteiger partial charge in [0.1, 0.15) is 55.2 Å². The van der Waals surface area contributed by atoms with Gasteiger partial charge in [-0.3, -0.25) is 19.2 Å². The maximum Gasteiger partial charge on any atom is 0.408 e. The van der Waals surface area contributed by atoms with Crippen LogP contribution in [0.1, 0.15) is 85.5 Å². The summed E-state index contributed by atoms with van der Waals surface area (Å²) >= 11 is 0. The van der Waals surface area contributed by atoms with Crippen LogP contribution in [0.4, 0.5) is 19.7 Å². The number of pyridine rings is 2. The van der Waals surface area contributed by atoms with Gasteiger partial charge in [-0.05, 0) is 87.4 Å². The topological polar surface area (TPSA) is 362 Å². The molecule has 5 amide bonds. The number of benzene rings is 2. The fourth-order valence-electron chi connectivity index (χ4n) is 9.32. The lowest BCUT2D eigenvalue weighted by molar-refractivity contribution is -0.271. The molecule has 5 heterocycles. The molecule has 4 aliphatic rings. The molecule has 0 spiro atoms. The molecule has 10 N–H and O–H groups in total. The predicted molar refractivity (Wildman–Crippen MR) is 254 cm³/mol. The Hall–Kier alpha value is -7.78. The number of hydrogen-bond acceptors (Lipinski definition) is 18. The minimum absolute atomic E-state index is 0.0195. The summed E-state index contributed by atoms with van der Waals surface area (Å²) in [7, 11) is 0. The first-order valence-electron chi connectivity index (χ1n) is 23.7. The molecule has 75 heavy (non-hydrogen) atoms. The number of carboxylic acid groups (broad SMARTS) is 1. The average Bonchev–Trinajstić information content (AvgIpc) is 3.73. The molecule has 4 aromatic rings. The van der Waals surface area contributed by atoms with Crippen molar-refractivity contribution in [2.75, 3.05) is 25.0 Å². The van der Waals surface area contributed by atoms with Crippen molar-refractivity contribution in [3.63, 3.8) is 0 Å². The van der Waals surface area contributed by atoms with E-state index in [9.17, 15) is 63.9 Å². The van der Waals surface area contributed by atoms with Crippen LogP contribution < -0.4 is 36.9 Å². The van der Waals surface area contributed by atoms with Crippen LogP contribution in [0.15, 0.2) is 35.1 Å². The second-order valence-electron chi connectivity index (χ2n) is 19.3. The number of nitrogens with zero attached hydrogens (tertiary/aromatic N) is 2. The van der Waals surface area contributed by atoms with Crippen LogP contribution in [-0.2, 0) is 74.7 Å². The van der Waals surface area contributed by atoms with Gasteiger partial charge in [0.15, 0.2) is 11.7 Å². The predicted octanol–water partition coefficient (Wildman–Crippen LogP) is 0.407. The Bertz CT molecular complexity index is 3100. The number of esters is 1. The minimum Gasteiger partial charge on any atom is -0.479 e. The number of hydrogen-bond donors (Lipinski definition) is 10. The largest absolute Gasteiger partial charge is 0.479 e. The molecule has 400 valence electrons. The normalized spacial score (nSPS) is 22.3. The molecule has 1 saturated heterocycles. The van der Waals surface area contributed by atoms with Gasteiger partial charge >= 0.3 is 24.1 Å². The van der Waals surface area contributed by atoms with Gasteiger partial charge in [0.25, 0.3) is 5.56 Å². The molecule has 2 aromatic carbocycles. The van der Waals surface area contributed by atoms with Crippen LogP contribution in [0, 0.1) is 12.7 Å². The fourth-order valence-corrected chi connectivity index (χ4v) is 9.32. The summed E-state index contributed by atoms with van der Waals surface area (Å²) in [4.78, 5) is 107. The number of aliphatic hydroxyl groups excluding tert-OH is 3. The third kappa shape index (κ3) is 10.8. The zero-order valence-corrected chi connectivity index (χ0v) is 41.0. The highest BCUT2D eigenvalue weighted by atomic mass is 19.1. The Balaban J connectivity index is 0.999. The van der Waals surface area contributed by atoms with Gasteiger partial charge in [0.2, 0.25) is 24.0 Å². The van der Waals surface area contributed by atoms with E-state index in [0.29, 0.717) is 34.1 Å². The minimum atomic E-state index is -2.10. The van der Waals surface area contributed by atoms with Crippen LogP contribution in [-0.4, -0.2) is 133 Å². The third-order valence-corrected chi connectivity index (χ3v) is 13.1.